The molecular weight excluding hydrogens is 532 g/mol. The van der Waals surface area contributed by atoms with E-state index in [0.29, 0.717) is 23.1 Å². The quantitative estimate of drug-likeness (QED) is 0.400. The van der Waals surface area contributed by atoms with Gasteiger partial charge in [0.05, 0.1) is 0 Å². The van der Waals surface area contributed by atoms with E-state index in [4.69, 9.17) is 4.74 Å². The summed E-state index contributed by atoms with van der Waals surface area (Å²) in [5, 5.41) is 6.61. The predicted octanol–water partition coefficient (Wildman–Crippen LogP) is 5.38. The van der Waals surface area contributed by atoms with Crippen LogP contribution in [0.15, 0.2) is 53.3 Å². The maximum Gasteiger partial charge on any atom is 0.257 e. The molecule has 1 fully saturated rings. The standard InChI is InChI=1S/C25H29BrN6O2.ClH/c1-16-15-28-25(31-22(16)32(2)3)30-19-10-8-18(9-11-19)29-23(33)21-5-4-14-27-24(21)34-20-12-6-17(26)7-13-20;/h4-7,12-15,18-19H,8-11H2,1-3H3,(H,29,33)(H,28,30,31);1H/t18-,19+;. The van der Waals surface area contributed by atoms with Crippen LogP contribution >= 0.6 is 28.3 Å². The number of rotatable bonds is 7. The molecule has 0 unspecified atom stereocenters. The van der Waals surface area contributed by atoms with Gasteiger partial charge in [-0.05, 0) is 69.0 Å². The van der Waals surface area contributed by atoms with Gasteiger partial charge in [-0.25, -0.2) is 9.97 Å². The third-order valence-corrected chi connectivity index (χ3v) is 6.34. The van der Waals surface area contributed by atoms with Gasteiger partial charge < -0.3 is 20.3 Å². The molecule has 1 amide bonds. The third-order valence-electron chi connectivity index (χ3n) is 5.81. The second kappa shape index (κ2) is 12.2. The Morgan fingerprint density at radius 1 is 1.06 bits per heavy atom. The van der Waals surface area contributed by atoms with Crippen molar-refractivity contribution in [1.82, 2.24) is 20.3 Å². The lowest BCUT2D eigenvalue weighted by Gasteiger charge is -2.30. The summed E-state index contributed by atoms with van der Waals surface area (Å²) < 4.78 is 6.83. The molecule has 0 radical (unpaired) electrons. The molecule has 0 atom stereocenters. The van der Waals surface area contributed by atoms with Crippen LogP contribution in [0, 0.1) is 6.92 Å². The number of aryl methyl sites for hydroxylation is 1. The highest BCUT2D eigenvalue weighted by molar-refractivity contribution is 9.10. The summed E-state index contributed by atoms with van der Waals surface area (Å²) in [5.74, 6) is 2.31. The lowest BCUT2D eigenvalue weighted by Crippen LogP contribution is -2.40. The number of nitrogens with one attached hydrogen (secondary N) is 2. The Labute approximate surface area is 220 Å². The van der Waals surface area contributed by atoms with Gasteiger partial charge in [0.25, 0.3) is 5.91 Å². The molecule has 0 spiro atoms. The molecule has 2 N–H and O–H groups in total. The fourth-order valence-electron chi connectivity index (χ4n) is 4.04. The number of ether oxygens (including phenoxy) is 1. The molecule has 1 aliphatic carbocycles. The molecular formula is C25H30BrClN6O2. The molecule has 4 rings (SSSR count). The average Bonchev–Trinajstić information content (AvgIpc) is 2.83. The van der Waals surface area contributed by atoms with E-state index in [1.807, 2.05) is 56.4 Å². The van der Waals surface area contributed by atoms with Gasteiger partial charge in [0, 0.05) is 48.6 Å². The van der Waals surface area contributed by atoms with Gasteiger partial charge in [-0.3, -0.25) is 4.79 Å². The van der Waals surface area contributed by atoms with E-state index in [-0.39, 0.29) is 30.4 Å². The minimum Gasteiger partial charge on any atom is -0.438 e. The van der Waals surface area contributed by atoms with Gasteiger partial charge in [0.15, 0.2) is 0 Å². The summed E-state index contributed by atoms with van der Waals surface area (Å²) in [7, 11) is 3.95. The number of halogens is 2. The Kier molecular flexibility index (Phi) is 9.28. The number of carbonyl (C=O) groups excluding carboxylic acids is 1. The lowest BCUT2D eigenvalue weighted by molar-refractivity contribution is 0.0923. The summed E-state index contributed by atoms with van der Waals surface area (Å²) in [4.78, 5) is 28.3. The number of amides is 1. The van der Waals surface area contributed by atoms with Gasteiger partial charge >= 0.3 is 0 Å². The van der Waals surface area contributed by atoms with Crippen LogP contribution in [-0.4, -0.2) is 47.0 Å². The van der Waals surface area contributed by atoms with Crippen LogP contribution < -0.4 is 20.3 Å². The lowest BCUT2D eigenvalue weighted by atomic mass is 9.91. The van der Waals surface area contributed by atoms with Crippen molar-refractivity contribution in [2.45, 2.75) is 44.7 Å². The highest BCUT2D eigenvalue weighted by atomic mass is 79.9. The number of hydrogen-bond donors (Lipinski definition) is 2. The average molecular weight is 562 g/mol. The van der Waals surface area contributed by atoms with E-state index in [9.17, 15) is 4.79 Å². The molecule has 1 saturated carbocycles. The first-order chi connectivity index (χ1) is 16.4. The number of benzene rings is 1. The fraction of sp³-hybridized carbons (Fsp3) is 0.360. The maximum atomic E-state index is 13.0. The predicted molar refractivity (Wildman–Crippen MR) is 144 cm³/mol. The molecule has 8 nitrogen and oxygen atoms in total. The van der Waals surface area contributed by atoms with Crippen molar-refractivity contribution in [3.05, 3.63) is 64.4 Å². The number of pyridine rings is 1. The van der Waals surface area contributed by atoms with Crippen LogP contribution in [0.5, 0.6) is 11.6 Å². The van der Waals surface area contributed by atoms with Crippen LogP contribution in [0.25, 0.3) is 0 Å². The number of nitrogens with zero attached hydrogens (tertiary/aromatic N) is 4. The summed E-state index contributed by atoms with van der Waals surface area (Å²) in [6.07, 6.45) is 7.07. The topological polar surface area (TPSA) is 92.3 Å². The zero-order chi connectivity index (χ0) is 24.1. The number of hydrogen-bond acceptors (Lipinski definition) is 7. The normalized spacial score (nSPS) is 17.1. The largest absolute Gasteiger partial charge is 0.438 e. The smallest absolute Gasteiger partial charge is 0.257 e. The molecule has 1 aliphatic rings. The van der Waals surface area contributed by atoms with Crippen molar-refractivity contribution in [2.24, 2.45) is 0 Å². The fourth-order valence-corrected chi connectivity index (χ4v) is 4.31. The molecule has 2 aromatic heterocycles. The maximum absolute atomic E-state index is 13.0. The molecule has 0 bridgehead atoms. The second-order valence-corrected chi connectivity index (χ2v) is 9.59. The summed E-state index contributed by atoms with van der Waals surface area (Å²) in [6, 6.07) is 11.3. The van der Waals surface area contributed by atoms with Crippen molar-refractivity contribution >= 4 is 46.0 Å². The molecule has 10 heteroatoms. The zero-order valence-electron chi connectivity index (χ0n) is 20.0. The SMILES string of the molecule is Cc1cnc(N[C@H]2CC[C@@H](NC(=O)c3cccnc3Oc3ccc(Br)cc3)CC2)nc1N(C)C.Cl. The van der Waals surface area contributed by atoms with Crippen molar-refractivity contribution in [1.29, 1.82) is 0 Å². The van der Waals surface area contributed by atoms with E-state index in [0.717, 1.165) is 41.5 Å². The van der Waals surface area contributed by atoms with E-state index >= 15 is 0 Å². The van der Waals surface area contributed by atoms with E-state index in [1.165, 1.54) is 0 Å². The van der Waals surface area contributed by atoms with Crippen LogP contribution in [0.1, 0.15) is 41.6 Å². The Hall–Kier alpha value is -2.91. The number of carbonyl (C=O) groups is 1. The first-order valence-corrected chi connectivity index (χ1v) is 12.1. The molecule has 0 saturated heterocycles. The van der Waals surface area contributed by atoms with Crippen LogP contribution in [0.4, 0.5) is 11.8 Å². The number of anilines is 2. The minimum absolute atomic E-state index is 0. The van der Waals surface area contributed by atoms with Crippen molar-refractivity contribution in [2.75, 3.05) is 24.3 Å². The Morgan fingerprint density at radius 3 is 2.43 bits per heavy atom. The molecule has 0 aliphatic heterocycles. The summed E-state index contributed by atoms with van der Waals surface area (Å²) in [5.41, 5.74) is 1.47. The van der Waals surface area contributed by atoms with Gasteiger partial charge in [0.1, 0.15) is 17.1 Å². The van der Waals surface area contributed by atoms with Crippen molar-refractivity contribution < 1.29 is 9.53 Å². The van der Waals surface area contributed by atoms with Crippen LogP contribution in [-0.2, 0) is 0 Å². The zero-order valence-corrected chi connectivity index (χ0v) is 22.4. The first kappa shape index (κ1) is 26.7. The molecule has 3 aromatic rings. The summed E-state index contributed by atoms with van der Waals surface area (Å²) in [6.45, 7) is 2.00. The monoisotopic (exact) mass is 560 g/mol. The van der Waals surface area contributed by atoms with Crippen molar-refractivity contribution in [3.63, 3.8) is 0 Å². The van der Waals surface area contributed by atoms with Crippen molar-refractivity contribution in [3.8, 4) is 11.6 Å². The van der Waals surface area contributed by atoms with E-state index in [1.54, 1.807) is 18.3 Å². The highest BCUT2D eigenvalue weighted by Gasteiger charge is 2.25. The summed E-state index contributed by atoms with van der Waals surface area (Å²) >= 11 is 3.41. The first-order valence-electron chi connectivity index (χ1n) is 11.4. The van der Waals surface area contributed by atoms with Crippen LogP contribution in [0.3, 0.4) is 0 Å². The molecule has 35 heavy (non-hydrogen) atoms. The Morgan fingerprint density at radius 2 is 1.74 bits per heavy atom. The van der Waals surface area contributed by atoms with E-state index in [2.05, 4.69) is 41.5 Å². The molecule has 1 aromatic carbocycles. The van der Waals surface area contributed by atoms with Gasteiger partial charge in [-0.2, -0.15) is 4.98 Å². The molecule has 2 heterocycles. The Balaban J connectivity index is 0.00000342. The van der Waals surface area contributed by atoms with Crippen LogP contribution in [0.2, 0.25) is 0 Å². The van der Waals surface area contributed by atoms with E-state index < -0.39 is 0 Å². The molecule has 186 valence electrons. The van der Waals surface area contributed by atoms with Gasteiger partial charge in [-0.1, -0.05) is 15.9 Å². The minimum atomic E-state index is -0.172. The second-order valence-electron chi connectivity index (χ2n) is 8.67. The highest BCUT2D eigenvalue weighted by Crippen LogP contribution is 2.26. The van der Waals surface area contributed by atoms with Gasteiger partial charge in [-0.15, -0.1) is 12.4 Å². The Bertz CT molecular complexity index is 1140. The van der Waals surface area contributed by atoms with Gasteiger partial charge in [0.2, 0.25) is 11.8 Å². The number of aromatic nitrogens is 3. The third kappa shape index (κ3) is 7.05.